The Bertz CT molecular complexity index is 1980. The molecule has 1 N–H and O–H groups in total. The second kappa shape index (κ2) is 13.8. The lowest BCUT2D eigenvalue weighted by molar-refractivity contribution is 0.375. The van der Waals surface area contributed by atoms with E-state index in [1.807, 2.05) is 48.5 Å². The van der Waals surface area contributed by atoms with Crippen molar-refractivity contribution in [1.82, 2.24) is 0 Å². The van der Waals surface area contributed by atoms with Crippen molar-refractivity contribution in [3.8, 4) is 56.0 Å². The summed E-state index contributed by atoms with van der Waals surface area (Å²) in [5, 5.41) is 0. The van der Waals surface area contributed by atoms with E-state index in [1.165, 1.54) is 5.56 Å². The van der Waals surface area contributed by atoms with Crippen molar-refractivity contribution in [3.05, 3.63) is 157 Å². The Morgan fingerprint density at radius 3 is 1.35 bits per heavy atom. The van der Waals surface area contributed by atoms with Crippen molar-refractivity contribution >= 4 is 8.60 Å². The van der Waals surface area contributed by atoms with E-state index in [4.69, 9.17) is 9.05 Å². The molecular weight excluding hydrogens is 607 g/mol. The van der Waals surface area contributed by atoms with E-state index in [1.54, 1.807) is 0 Å². The monoisotopic (exact) mass is 650 g/mol. The lowest BCUT2D eigenvalue weighted by atomic mass is 9.75. The van der Waals surface area contributed by atoms with Gasteiger partial charge in [-0.1, -0.05) is 175 Å². The lowest BCUT2D eigenvalue weighted by Gasteiger charge is -2.32. The maximum absolute atomic E-state index is 11.7. The van der Waals surface area contributed by atoms with Gasteiger partial charge in [0.2, 0.25) is 0 Å². The normalized spacial score (nSPS) is 12.4. The Balaban J connectivity index is 1.60. The van der Waals surface area contributed by atoms with Crippen LogP contribution in [0, 0.1) is 0 Å². The van der Waals surface area contributed by atoms with Crippen LogP contribution in [0.4, 0.5) is 0 Å². The van der Waals surface area contributed by atoms with Crippen LogP contribution >= 0.6 is 8.60 Å². The average molecular weight is 651 g/mol. The van der Waals surface area contributed by atoms with Crippen molar-refractivity contribution in [1.29, 1.82) is 0 Å². The minimum Gasteiger partial charge on any atom is -0.418 e. The first-order valence-corrected chi connectivity index (χ1v) is 17.6. The van der Waals surface area contributed by atoms with Crippen molar-refractivity contribution in [3.63, 3.8) is 0 Å². The Labute approximate surface area is 286 Å². The molecule has 0 spiro atoms. The molecule has 4 heteroatoms. The summed E-state index contributed by atoms with van der Waals surface area (Å²) in [6.07, 6.45) is 0. The number of hydrogen-bond donors (Lipinski definition) is 1. The highest BCUT2D eigenvalue weighted by molar-refractivity contribution is 7.41. The molecule has 242 valence electrons. The first-order valence-electron chi connectivity index (χ1n) is 16.4. The zero-order valence-electron chi connectivity index (χ0n) is 28.6. The van der Waals surface area contributed by atoms with Gasteiger partial charge in [-0.05, 0) is 61.9 Å². The summed E-state index contributed by atoms with van der Waals surface area (Å²) in [6.45, 7) is 13.2. The maximum atomic E-state index is 11.7. The molecule has 0 fully saturated rings. The fraction of sp³-hybridized carbons (Fsp3) is 0.182. The first-order chi connectivity index (χ1) is 23.0. The highest BCUT2D eigenvalue weighted by Gasteiger charge is 2.31. The summed E-state index contributed by atoms with van der Waals surface area (Å²) in [7, 11) is -2.38. The third kappa shape index (κ3) is 7.09. The van der Waals surface area contributed by atoms with Crippen LogP contribution in [0.2, 0.25) is 0 Å². The van der Waals surface area contributed by atoms with Gasteiger partial charge in [-0.3, -0.25) is 0 Å². The second-order valence-corrected chi connectivity index (χ2v) is 15.0. The van der Waals surface area contributed by atoms with Gasteiger partial charge >= 0.3 is 8.60 Å². The van der Waals surface area contributed by atoms with E-state index in [2.05, 4.69) is 139 Å². The summed E-state index contributed by atoms with van der Waals surface area (Å²) < 4.78 is 13.0. The van der Waals surface area contributed by atoms with Crippen LogP contribution in [0.15, 0.2) is 146 Å². The van der Waals surface area contributed by atoms with E-state index >= 15 is 0 Å². The van der Waals surface area contributed by atoms with Gasteiger partial charge in [-0.2, -0.15) is 0 Å². The highest BCUT2D eigenvalue weighted by atomic mass is 31.2. The number of benzene rings is 6. The first kappa shape index (κ1) is 33.2. The molecule has 0 aliphatic carbocycles. The third-order valence-corrected chi connectivity index (χ3v) is 9.21. The van der Waals surface area contributed by atoms with Crippen LogP contribution in [-0.4, -0.2) is 4.89 Å². The molecule has 0 heterocycles. The molecule has 0 amide bonds. The smallest absolute Gasteiger partial charge is 0.418 e. The van der Waals surface area contributed by atoms with Gasteiger partial charge in [0.05, 0.1) is 0 Å². The SMILES string of the molecule is CC(C)(C)c1cccc(OP(O)Oc2cc(-c3ccccc3)c(-c3ccccc3)c(-c3ccccc3)c2-c2ccccc2)c1C(C)(C)C. The molecule has 1 atom stereocenters. The van der Waals surface area contributed by atoms with Crippen molar-refractivity contribution in [2.75, 3.05) is 0 Å². The van der Waals surface area contributed by atoms with Gasteiger partial charge < -0.3 is 13.9 Å². The standard InChI is InChI=1S/C44H43O3P/c1-43(2,3)36-28-19-29-37(42(36)44(4,5)6)46-48(45)47-38-30-35(31-20-11-7-12-21-31)39(32-22-13-8-14-23-32)41(34-26-17-10-18-27-34)40(38)33-24-15-9-16-25-33/h7-30,45H,1-6H3. The van der Waals surface area contributed by atoms with Crippen LogP contribution < -0.4 is 9.05 Å². The molecule has 0 aliphatic heterocycles. The lowest BCUT2D eigenvalue weighted by Crippen LogP contribution is -2.22. The van der Waals surface area contributed by atoms with Crippen LogP contribution in [0.3, 0.4) is 0 Å². The fourth-order valence-corrected chi connectivity index (χ4v) is 7.13. The zero-order valence-corrected chi connectivity index (χ0v) is 29.5. The third-order valence-electron chi connectivity index (χ3n) is 8.50. The van der Waals surface area contributed by atoms with E-state index in [0.29, 0.717) is 11.5 Å². The van der Waals surface area contributed by atoms with Crippen LogP contribution in [-0.2, 0) is 10.8 Å². The van der Waals surface area contributed by atoms with Gasteiger partial charge in [0.1, 0.15) is 11.5 Å². The van der Waals surface area contributed by atoms with Crippen molar-refractivity contribution < 1.29 is 13.9 Å². The molecule has 0 bridgehead atoms. The van der Waals surface area contributed by atoms with E-state index in [-0.39, 0.29) is 10.8 Å². The van der Waals surface area contributed by atoms with Crippen molar-refractivity contribution in [2.45, 2.75) is 52.4 Å². The molecule has 48 heavy (non-hydrogen) atoms. The molecule has 1 unspecified atom stereocenters. The highest BCUT2D eigenvalue weighted by Crippen LogP contribution is 2.53. The number of hydrogen-bond acceptors (Lipinski definition) is 3. The molecule has 6 aromatic rings. The van der Waals surface area contributed by atoms with Crippen LogP contribution in [0.5, 0.6) is 11.5 Å². The molecular formula is C44H43O3P. The molecule has 6 aromatic carbocycles. The Kier molecular flexibility index (Phi) is 9.56. The number of rotatable bonds is 8. The van der Waals surface area contributed by atoms with E-state index in [0.717, 1.165) is 50.1 Å². The van der Waals surface area contributed by atoms with Crippen LogP contribution in [0.1, 0.15) is 52.7 Å². The Hall–Kier alpha value is -4.69. The van der Waals surface area contributed by atoms with Gasteiger partial charge in [-0.25, -0.2) is 0 Å². The molecule has 6 rings (SSSR count). The fourth-order valence-electron chi connectivity index (χ4n) is 6.46. The molecule has 0 saturated heterocycles. The average Bonchev–Trinajstić information content (AvgIpc) is 3.08. The Morgan fingerprint density at radius 2 is 0.875 bits per heavy atom. The summed E-state index contributed by atoms with van der Waals surface area (Å²) >= 11 is 0. The summed E-state index contributed by atoms with van der Waals surface area (Å²) in [5.74, 6) is 1.19. The summed E-state index contributed by atoms with van der Waals surface area (Å²) in [5.41, 5.74) is 10.1. The van der Waals surface area contributed by atoms with Gasteiger partial charge in [0, 0.05) is 16.7 Å². The largest absolute Gasteiger partial charge is 0.460 e. The second-order valence-electron chi connectivity index (χ2n) is 14.1. The zero-order chi connectivity index (χ0) is 33.9. The van der Waals surface area contributed by atoms with Crippen LogP contribution in [0.25, 0.3) is 44.5 Å². The summed E-state index contributed by atoms with van der Waals surface area (Å²) in [6, 6.07) is 49.7. The minimum absolute atomic E-state index is 0.107. The van der Waals surface area contributed by atoms with Gasteiger partial charge in [0.15, 0.2) is 0 Å². The van der Waals surface area contributed by atoms with E-state index in [9.17, 15) is 4.89 Å². The Morgan fingerprint density at radius 1 is 0.438 bits per heavy atom. The quantitative estimate of drug-likeness (QED) is 0.167. The molecule has 0 aliphatic rings. The molecule has 3 nitrogen and oxygen atoms in total. The minimum atomic E-state index is -2.38. The van der Waals surface area contributed by atoms with Gasteiger partial charge in [0.25, 0.3) is 0 Å². The molecule has 0 radical (unpaired) electrons. The predicted octanol–water partition coefficient (Wildman–Crippen LogP) is 12.6. The van der Waals surface area contributed by atoms with Crippen molar-refractivity contribution in [2.24, 2.45) is 0 Å². The summed E-state index contributed by atoms with van der Waals surface area (Å²) in [4.78, 5) is 11.7. The molecule has 0 aromatic heterocycles. The van der Waals surface area contributed by atoms with E-state index < -0.39 is 8.60 Å². The topological polar surface area (TPSA) is 38.7 Å². The molecule has 0 saturated carbocycles. The predicted molar refractivity (Wildman–Crippen MR) is 202 cm³/mol. The van der Waals surface area contributed by atoms with Gasteiger partial charge in [-0.15, -0.1) is 0 Å². The maximum Gasteiger partial charge on any atom is 0.460 e.